The summed E-state index contributed by atoms with van der Waals surface area (Å²) in [7, 11) is 0. The molecule has 0 aliphatic carbocycles. The van der Waals surface area contributed by atoms with E-state index in [4.69, 9.17) is 4.74 Å². The topological polar surface area (TPSA) is 131 Å². The first kappa shape index (κ1) is 24.6. The van der Waals surface area contributed by atoms with Gasteiger partial charge < -0.3 is 15.0 Å². The molecule has 1 fully saturated rings. The molecule has 4 rings (SSSR count). The number of nitrogens with one attached hydrogen (secondary N) is 2. The highest BCUT2D eigenvalue weighted by Gasteiger charge is 2.32. The molecule has 0 saturated carbocycles. The van der Waals surface area contributed by atoms with Gasteiger partial charge in [0.25, 0.3) is 5.56 Å². The van der Waals surface area contributed by atoms with Crippen molar-refractivity contribution >= 4 is 22.8 Å². The SMILES string of the molecule is Cc1nn(C(C)COCC(=O)NC2CCN(c3ncc(C(F)(F)F)cn3)CC2)c2cn[nH]c(=O)c12. The van der Waals surface area contributed by atoms with Gasteiger partial charge in [0.1, 0.15) is 6.61 Å². The minimum absolute atomic E-state index is 0.0790. The van der Waals surface area contributed by atoms with Gasteiger partial charge >= 0.3 is 6.18 Å². The molecule has 0 bridgehead atoms. The molecule has 0 spiro atoms. The molecule has 14 heteroatoms. The Labute approximate surface area is 197 Å². The molecule has 1 unspecified atom stereocenters. The van der Waals surface area contributed by atoms with E-state index < -0.39 is 11.7 Å². The van der Waals surface area contributed by atoms with Gasteiger partial charge in [0, 0.05) is 31.5 Å². The monoisotopic (exact) mass is 494 g/mol. The summed E-state index contributed by atoms with van der Waals surface area (Å²) in [4.78, 5) is 33.7. The zero-order valence-corrected chi connectivity index (χ0v) is 19.2. The molecule has 1 saturated heterocycles. The summed E-state index contributed by atoms with van der Waals surface area (Å²) in [5, 5.41) is 14.0. The summed E-state index contributed by atoms with van der Waals surface area (Å²) in [6.07, 6.45) is -0.189. The second-order valence-corrected chi connectivity index (χ2v) is 8.45. The highest BCUT2D eigenvalue weighted by atomic mass is 19.4. The van der Waals surface area contributed by atoms with Crippen molar-refractivity contribution in [2.45, 2.75) is 44.9 Å². The number of alkyl halides is 3. The number of carbonyl (C=O) groups excluding carboxylic acids is 1. The summed E-state index contributed by atoms with van der Waals surface area (Å²) in [6.45, 7) is 4.69. The van der Waals surface area contributed by atoms with E-state index in [2.05, 4.69) is 30.6 Å². The number of aryl methyl sites for hydroxylation is 1. The third-order valence-corrected chi connectivity index (χ3v) is 5.82. The first-order valence-electron chi connectivity index (χ1n) is 11.1. The highest BCUT2D eigenvalue weighted by Crippen LogP contribution is 2.28. The van der Waals surface area contributed by atoms with Crippen molar-refractivity contribution in [1.29, 1.82) is 0 Å². The molecule has 1 atom stereocenters. The fourth-order valence-electron chi connectivity index (χ4n) is 4.03. The minimum atomic E-state index is -4.48. The first-order chi connectivity index (χ1) is 16.6. The van der Waals surface area contributed by atoms with E-state index in [-0.39, 0.29) is 42.7 Å². The molecule has 11 nitrogen and oxygen atoms in total. The number of fused-ring (bicyclic) bond motifs is 1. The number of aromatic nitrogens is 6. The van der Waals surface area contributed by atoms with Crippen LogP contribution in [0.15, 0.2) is 23.4 Å². The number of nitrogens with zero attached hydrogens (tertiary/aromatic N) is 6. The number of amides is 1. The lowest BCUT2D eigenvalue weighted by atomic mass is 10.1. The van der Waals surface area contributed by atoms with E-state index in [1.807, 2.05) is 6.92 Å². The number of anilines is 1. The van der Waals surface area contributed by atoms with E-state index in [1.165, 1.54) is 6.20 Å². The Kier molecular flexibility index (Phi) is 7.00. The molecule has 4 heterocycles. The summed E-state index contributed by atoms with van der Waals surface area (Å²) in [5.74, 6) is -0.0280. The van der Waals surface area contributed by atoms with Crippen LogP contribution >= 0.6 is 0 Å². The Morgan fingerprint density at radius 2 is 1.94 bits per heavy atom. The number of rotatable bonds is 7. The third kappa shape index (κ3) is 5.58. The molecule has 0 aromatic carbocycles. The summed E-state index contributed by atoms with van der Waals surface area (Å²) >= 11 is 0. The molecule has 3 aromatic rings. The zero-order chi connectivity index (χ0) is 25.2. The summed E-state index contributed by atoms with van der Waals surface area (Å²) in [6, 6.07) is -0.306. The molecule has 188 valence electrons. The van der Waals surface area contributed by atoms with Crippen molar-refractivity contribution in [3.8, 4) is 0 Å². The van der Waals surface area contributed by atoms with Crippen LogP contribution in [0.5, 0.6) is 0 Å². The normalized spacial score (nSPS) is 16.0. The standard InChI is InChI=1S/C21H25F3N8O3/c1-12(32-16-9-27-29-19(34)18(16)13(2)30-32)10-35-11-17(33)28-15-3-5-31(6-4-15)20-25-7-14(8-26-20)21(22,23)24/h7-9,12,15H,3-6,10-11H2,1-2H3,(H,28,33)(H,29,34). The number of halogens is 3. The second-order valence-electron chi connectivity index (χ2n) is 8.45. The van der Waals surface area contributed by atoms with Gasteiger partial charge in [-0.2, -0.15) is 23.4 Å². The van der Waals surface area contributed by atoms with Crippen molar-refractivity contribution in [1.82, 2.24) is 35.3 Å². The number of ether oxygens (including phenoxy) is 1. The fourth-order valence-corrected chi connectivity index (χ4v) is 4.03. The molecule has 2 N–H and O–H groups in total. The largest absolute Gasteiger partial charge is 0.419 e. The van der Waals surface area contributed by atoms with Crippen LogP contribution in [0.25, 0.3) is 10.9 Å². The number of hydrogen-bond acceptors (Lipinski definition) is 8. The lowest BCUT2D eigenvalue weighted by molar-refractivity contribution is -0.138. The van der Waals surface area contributed by atoms with Crippen molar-refractivity contribution in [3.05, 3.63) is 40.2 Å². The Hall–Kier alpha value is -3.55. The van der Waals surface area contributed by atoms with Crippen molar-refractivity contribution in [3.63, 3.8) is 0 Å². The average Bonchev–Trinajstić information content (AvgIpc) is 3.17. The van der Waals surface area contributed by atoms with E-state index >= 15 is 0 Å². The maximum Gasteiger partial charge on any atom is 0.419 e. The Bertz CT molecular complexity index is 1230. The smallest absolute Gasteiger partial charge is 0.369 e. The molecule has 35 heavy (non-hydrogen) atoms. The van der Waals surface area contributed by atoms with Crippen LogP contribution in [0.4, 0.5) is 19.1 Å². The first-order valence-corrected chi connectivity index (χ1v) is 11.1. The van der Waals surface area contributed by atoms with Crippen LogP contribution in [0.1, 0.15) is 37.1 Å². The van der Waals surface area contributed by atoms with Crippen LogP contribution in [-0.4, -0.2) is 68.2 Å². The zero-order valence-electron chi connectivity index (χ0n) is 19.2. The van der Waals surface area contributed by atoms with Crippen molar-refractivity contribution < 1.29 is 22.7 Å². The van der Waals surface area contributed by atoms with Crippen molar-refractivity contribution in [2.75, 3.05) is 31.2 Å². The maximum atomic E-state index is 12.7. The van der Waals surface area contributed by atoms with E-state index in [0.717, 1.165) is 12.4 Å². The molecule has 1 aliphatic heterocycles. The average molecular weight is 494 g/mol. The number of piperidine rings is 1. The van der Waals surface area contributed by atoms with Crippen LogP contribution < -0.4 is 15.8 Å². The lowest BCUT2D eigenvalue weighted by Crippen LogP contribution is -2.46. The van der Waals surface area contributed by atoms with E-state index in [0.29, 0.717) is 42.5 Å². The number of hydrogen-bond donors (Lipinski definition) is 2. The van der Waals surface area contributed by atoms with Crippen LogP contribution in [0.3, 0.4) is 0 Å². The van der Waals surface area contributed by atoms with E-state index in [1.54, 1.807) is 16.5 Å². The Morgan fingerprint density at radius 3 is 2.60 bits per heavy atom. The highest BCUT2D eigenvalue weighted by molar-refractivity contribution is 5.80. The van der Waals surface area contributed by atoms with Gasteiger partial charge in [-0.05, 0) is 26.7 Å². The minimum Gasteiger partial charge on any atom is -0.369 e. The molecular formula is C21H25F3N8O3. The van der Waals surface area contributed by atoms with E-state index in [9.17, 15) is 22.8 Å². The number of aromatic amines is 1. The van der Waals surface area contributed by atoms with Gasteiger partial charge in [-0.15, -0.1) is 0 Å². The third-order valence-electron chi connectivity index (χ3n) is 5.82. The molecule has 1 aliphatic rings. The Morgan fingerprint density at radius 1 is 1.26 bits per heavy atom. The fraction of sp³-hybridized carbons (Fsp3) is 0.524. The lowest BCUT2D eigenvalue weighted by Gasteiger charge is -2.32. The van der Waals surface area contributed by atoms with Gasteiger partial charge in [0.2, 0.25) is 11.9 Å². The quantitative estimate of drug-likeness (QED) is 0.507. The van der Waals surface area contributed by atoms with Gasteiger partial charge in [0.15, 0.2) is 0 Å². The summed E-state index contributed by atoms with van der Waals surface area (Å²) in [5.41, 5.74) is -0.0227. The predicted molar refractivity (Wildman–Crippen MR) is 119 cm³/mol. The van der Waals surface area contributed by atoms with Gasteiger partial charge in [-0.25, -0.2) is 15.1 Å². The molecule has 3 aromatic heterocycles. The number of carbonyl (C=O) groups is 1. The molecule has 1 amide bonds. The number of H-pyrrole nitrogens is 1. The summed E-state index contributed by atoms with van der Waals surface area (Å²) < 4.78 is 45.2. The second kappa shape index (κ2) is 9.98. The maximum absolute atomic E-state index is 12.7. The van der Waals surface area contributed by atoms with Crippen LogP contribution in [0, 0.1) is 6.92 Å². The molecular weight excluding hydrogens is 469 g/mol. The molecule has 0 radical (unpaired) electrons. The van der Waals surface area contributed by atoms with Crippen LogP contribution in [-0.2, 0) is 15.7 Å². The van der Waals surface area contributed by atoms with Crippen LogP contribution in [0.2, 0.25) is 0 Å². The van der Waals surface area contributed by atoms with Crippen molar-refractivity contribution in [2.24, 2.45) is 0 Å². The van der Waals surface area contributed by atoms with Gasteiger partial charge in [0.05, 0.1) is 41.0 Å². The van der Waals surface area contributed by atoms with Gasteiger partial charge in [-0.1, -0.05) is 0 Å². The Balaban J connectivity index is 1.22. The predicted octanol–water partition coefficient (Wildman–Crippen LogP) is 1.60. The van der Waals surface area contributed by atoms with Gasteiger partial charge in [-0.3, -0.25) is 14.3 Å².